The summed E-state index contributed by atoms with van der Waals surface area (Å²) in [4.78, 5) is 10.2. The van der Waals surface area contributed by atoms with Gasteiger partial charge in [-0.25, -0.2) is 9.97 Å². The molecule has 1 aliphatic carbocycles. The van der Waals surface area contributed by atoms with Crippen LogP contribution in [0.2, 0.25) is 0 Å². The highest BCUT2D eigenvalue weighted by atomic mass is 32.1. The number of nitrogens with zero attached hydrogens (tertiary/aromatic N) is 4. The van der Waals surface area contributed by atoms with E-state index in [4.69, 9.17) is 4.98 Å². The highest BCUT2D eigenvalue weighted by molar-refractivity contribution is 7.15. The van der Waals surface area contributed by atoms with Gasteiger partial charge in [-0.05, 0) is 12.8 Å². The van der Waals surface area contributed by atoms with Crippen LogP contribution < -0.4 is 5.32 Å². The number of nitrogens with one attached hydrogen (secondary N) is 1. The Hall–Kier alpha value is -1.66. The molecule has 104 valence electrons. The van der Waals surface area contributed by atoms with Crippen molar-refractivity contribution in [3.05, 3.63) is 35.5 Å². The fraction of sp³-hybridized carbons (Fsp3) is 0.429. The van der Waals surface area contributed by atoms with Gasteiger partial charge in [-0.1, -0.05) is 6.92 Å². The van der Waals surface area contributed by atoms with Crippen molar-refractivity contribution in [3.8, 4) is 5.82 Å². The van der Waals surface area contributed by atoms with E-state index in [0.29, 0.717) is 6.04 Å². The predicted molar refractivity (Wildman–Crippen MR) is 79.4 cm³/mol. The fourth-order valence-electron chi connectivity index (χ4n) is 2.50. The third-order valence-electron chi connectivity index (χ3n) is 3.74. The van der Waals surface area contributed by atoms with E-state index in [-0.39, 0.29) is 0 Å². The molecule has 5 nitrogen and oxygen atoms in total. The van der Waals surface area contributed by atoms with Crippen molar-refractivity contribution >= 4 is 16.3 Å². The molecule has 3 heterocycles. The van der Waals surface area contributed by atoms with Crippen molar-refractivity contribution in [2.24, 2.45) is 0 Å². The van der Waals surface area contributed by atoms with Gasteiger partial charge in [-0.15, -0.1) is 11.3 Å². The van der Waals surface area contributed by atoms with E-state index in [2.05, 4.69) is 37.8 Å². The quantitative estimate of drug-likeness (QED) is 0.784. The minimum Gasteiger partial charge on any atom is -0.308 e. The number of fused-ring (bicyclic) bond motifs is 1. The molecule has 1 saturated carbocycles. The van der Waals surface area contributed by atoms with Gasteiger partial charge in [-0.3, -0.25) is 8.97 Å². The molecule has 0 radical (unpaired) electrons. The van der Waals surface area contributed by atoms with Crippen LogP contribution in [-0.4, -0.2) is 25.0 Å². The van der Waals surface area contributed by atoms with E-state index in [1.165, 1.54) is 18.5 Å². The molecule has 0 atom stereocenters. The number of aromatic nitrogens is 4. The number of imidazole rings is 2. The molecule has 0 bridgehead atoms. The molecule has 4 rings (SSSR count). The Labute approximate surface area is 121 Å². The third-order valence-corrected chi connectivity index (χ3v) is 4.49. The highest BCUT2D eigenvalue weighted by Crippen LogP contribution is 2.24. The van der Waals surface area contributed by atoms with Crippen molar-refractivity contribution in [2.45, 2.75) is 38.8 Å². The van der Waals surface area contributed by atoms with Gasteiger partial charge in [0.25, 0.3) is 0 Å². The minimum absolute atomic E-state index is 0.695. The van der Waals surface area contributed by atoms with Crippen molar-refractivity contribution in [1.82, 2.24) is 24.3 Å². The van der Waals surface area contributed by atoms with Crippen LogP contribution >= 0.6 is 11.3 Å². The Morgan fingerprint density at radius 3 is 3.10 bits per heavy atom. The molecular weight excluding hydrogens is 270 g/mol. The molecule has 0 spiro atoms. The van der Waals surface area contributed by atoms with Crippen LogP contribution in [-0.2, 0) is 13.0 Å². The summed E-state index contributed by atoms with van der Waals surface area (Å²) in [6.07, 6.45) is 9.46. The maximum atomic E-state index is 4.79. The van der Waals surface area contributed by atoms with Crippen LogP contribution in [0, 0.1) is 0 Å². The monoisotopic (exact) mass is 287 g/mol. The van der Waals surface area contributed by atoms with Crippen molar-refractivity contribution < 1.29 is 0 Å². The Morgan fingerprint density at radius 1 is 1.40 bits per heavy atom. The zero-order chi connectivity index (χ0) is 13.5. The maximum Gasteiger partial charge on any atom is 0.195 e. The molecule has 0 amide bonds. The topological polar surface area (TPSA) is 47.2 Å². The van der Waals surface area contributed by atoms with Crippen LogP contribution in [0.25, 0.3) is 10.8 Å². The lowest BCUT2D eigenvalue weighted by Crippen LogP contribution is -2.18. The summed E-state index contributed by atoms with van der Waals surface area (Å²) < 4.78 is 4.30. The van der Waals surface area contributed by atoms with E-state index in [1.807, 2.05) is 12.4 Å². The summed E-state index contributed by atoms with van der Waals surface area (Å²) in [5.74, 6) is 2.07. The fourth-order valence-corrected chi connectivity index (χ4v) is 3.22. The smallest absolute Gasteiger partial charge is 0.195 e. The first-order valence-corrected chi connectivity index (χ1v) is 7.95. The number of thiazole rings is 1. The van der Waals surface area contributed by atoms with E-state index in [1.54, 1.807) is 11.3 Å². The van der Waals surface area contributed by atoms with Gasteiger partial charge < -0.3 is 5.32 Å². The van der Waals surface area contributed by atoms with Gasteiger partial charge in [0.15, 0.2) is 10.8 Å². The Bertz CT molecular complexity index is 734. The van der Waals surface area contributed by atoms with E-state index in [0.717, 1.165) is 29.6 Å². The lowest BCUT2D eigenvalue weighted by atomic mass is 10.3. The second-order valence-corrected chi connectivity index (χ2v) is 6.03. The molecule has 3 aromatic rings. The van der Waals surface area contributed by atoms with Crippen LogP contribution in [0.15, 0.2) is 24.0 Å². The average Bonchev–Trinajstić information content (AvgIpc) is 2.89. The molecule has 0 unspecified atom stereocenters. The first-order valence-electron chi connectivity index (χ1n) is 7.07. The van der Waals surface area contributed by atoms with E-state index < -0.39 is 0 Å². The van der Waals surface area contributed by atoms with Crippen LogP contribution in [0.5, 0.6) is 0 Å². The Morgan fingerprint density at radius 2 is 2.30 bits per heavy atom. The largest absolute Gasteiger partial charge is 0.308 e. The normalized spacial score (nSPS) is 15.2. The van der Waals surface area contributed by atoms with Crippen LogP contribution in [0.3, 0.4) is 0 Å². The third kappa shape index (κ3) is 1.96. The highest BCUT2D eigenvalue weighted by Gasteiger charge is 2.23. The zero-order valence-corrected chi connectivity index (χ0v) is 12.2. The van der Waals surface area contributed by atoms with Gasteiger partial charge in [0.05, 0.1) is 5.69 Å². The first kappa shape index (κ1) is 12.1. The molecule has 1 fully saturated rings. The van der Waals surface area contributed by atoms with Crippen molar-refractivity contribution in [1.29, 1.82) is 0 Å². The SMILES string of the molecule is CCc1nccn1-c1nc2sccn2c1CNC1CC1. The first-order chi connectivity index (χ1) is 9.86. The van der Waals surface area contributed by atoms with E-state index >= 15 is 0 Å². The number of aryl methyl sites for hydroxylation is 1. The molecule has 3 aromatic heterocycles. The van der Waals surface area contributed by atoms with Gasteiger partial charge in [-0.2, -0.15) is 0 Å². The van der Waals surface area contributed by atoms with Crippen molar-refractivity contribution in [3.63, 3.8) is 0 Å². The molecule has 0 aliphatic heterocycles. The Kier molecular flexibility index (Phi) is 2.85. The van der Waals surface area contributed by atoms with Gasteiger partial charge in [0.2, 0.25) is 0 Å². The molecule has 1 N–H and O–H groups in total. The predicted octanol–water partition coefficient (Wildman–Crippen LogP) is 2.40. The van der Waals surface area contributed by atoms with Crippen molar-refractivity contribution in [2.75, 3.05) is 0 Å². The van der Waals surface area contributed by atoms with Gasteiger partial charge in [0.1, 0.15) is 5.82 Å². The van der Waals surface area contributed by atoms with Crippen LogP contribution in [0.1, 0.15) is 31.3 Å². The molecule has 20 heavy (non-hydrogen) atoms. The summed E-state index contributed by atoms with van der Waals surface area (Å²) >= 11 is 1.67. The van der Waals surface area contributed by atoms with Gasteiger partial charge in [0, 0.05) is 43.0 Å². The van der Waals surface area contributed by atoms with Crippen LogP contribution in [0.4, 0.5) is 0 Å². The summed E-state index contributed by atoms with van der Waals surface area (Å²) in [5, 5.41) is 5.68. The van der Waals surface area contributed by atoms with Gasteiger partial charge >= 0.3 is 0 Å². The Balaban J connectivity index is 1.80. The maximum absolute atomic E-state index is 4.79. The molecule has 6 heteroatoms. The minimum atomic E-state index is 0.695. The second-order valence-electron chi connectivity index (χ2n) is 5.16. The molecule has 1 aliphatic rings. The number of hydrogen-bond acceptors (Lipinski definition) is 4. The summed E-state index contributed by atoms with van der Waals surface area (Å²) in [6.45, 7) is 2.98. The zero-order valence-electron chi connectivity index (χ0n) is 11.4. The molecule has 0 aromatic carbocycles. The summed E-state index contributed by atoms with van der Waals surface area (Å²) in [6, 6.07) is 0.695. The molecule has 0 saturated heterocycles. The lowest BCUT2D eigenvalue weighted by molar-refractivity contribution is 0.665. The lowest BCUT2D eigenvalue weighted by Gasteiger charge is -2.08. The average molecular weight is 287 g/mol. The number of hydrogen-bond donors (Lipinski definition) is 1. The summed E-state index contributed by atoms with van der Waals surface area (Å²) in [7, 11) is 0. The summed E-state index contributed by atoms with van der Waals surface area (Å²) in [5.41, 5.74) is 1.22. The standard InChI is InChI=1S/C14H17N5S/c1-2-12-15-5-6-19(12)13-11(9-16-10-3-4-10)18-7-8-20-14(18)17-13/h5-8,10,16H,2-4,9H2,1H3. The number of rotatable bonds is 5. The molecular formula is C14H17N5S. The van der Waals surface area contributed by atoms with E-state index in [9.17, 15) is 0 Å². The second kappa shape index (κ2) is 4.71.